The fraction of sp³-hybridized carbons (Fsp3) is 0.818. The number of fused-ring (bicyclic) bond motifs is 1. The molecule has 0 amide bonds. The van der Waals surface area contributed by atoms with Crippen LogP contribution in [0.25, 0.3) is 0 Å². The van der Waals surface area contributed by atoms with Gasteiger partial charge in [-0.1, -0.05) is 6.08 Å². The van der Waals surface area contributed by atoms with Gasteiger partial charge in [-0.05, 0) is 13.8 Å². The lowest BCUT2D eigenvalue weighted by Gasteiger charge is -2.25. The summed E-state index contributed by atoms with van der Waals surface area (Å²) in [5.41, 5.74) is 0. The summed E-state index contributed by atoms with van der Waals surface area (Å²) < 4.78 is 38.5. The molecular weight excluding hydrogens is 260 g/mol. The van der Waals surface area contributed by atoms with Gasteiger partial charge in [0.25, 0.3) is 10.1 Å². The maximum Gasteiger partial charge on any atom is 0.264 e. The van der Waals surface area contributed by atoms with Crippen LogP contribution < -0.4 is 0 Å². The van der Waals surface area contributed by atoms with Crippen LogP contribution in [-0.4, -0.2) is 50.0 Å². The SMILES string of the molecule is C=C[C@@H]1[C@H]2OC(C)(C)O[C@H]2[C@H](O)[C@@H]1OS(C)(=O)=O. The Hall–Kier alpha value is -0.470. The quantitative estimate of drug-likeness (QED) is 0.579. The highest BCUT2D eigenvalue weighted by molar-refractivity contribution is 7.86. The van der Waals surface area contributed by atoms with E-state index in [-0.39, 0.29) is 0 Å². The summed E-state index contributed by atoms with van der Waals surface area (Å²) in [5, 5.41) is 10.1. The van der Waals surface area contributed by atoms with E-state index in [0.29, 0.717) is 0 Å². The highest BCUT2D eigenvalue weighted by Crippen LogP contribution is 2.43. The molecule has 2 aliphatic rings. The van der Waals surface area contributed by atoms with E-state index in [1.54, 1.807) is 13.8 Å². The van der Waals surface area contributed by atoms with Gasteiger partial charge in [0.2, 0.25) is 0 Å². The van der Waals surface area contributed by atoms with E-state index in [0.717, 1.165) is 6.26 Å². The molecule has 104 valence electrons. The summed E-state index contributed by atoms with van der Waals surface area (Å²) in [6, 6.07) is 0. The number of aliphatic hydroxyl groups is 1. The van der Waals surface area contributed by atoms with Crippen molar-refractivity contribution in [3.63, 3.8) is 0 Å². The van der Waals surface area contributed by atoms with Crippen molar-refractivity contribution in [1.29, 1.82) is 0 Å². The molecule has 2 rings (SSSR count). The molecule has 1 aliphatic carbocycles. The fourth-order valence-electron chi connectivity index (χ4n) is 2.57. The van der Waals surface area contributed by atoms with E-state index in [4.69, 9.17) is 13.7 Å². The minimum Gasteiger partial charge on any atom is -0.388 e. The van der Waals surface area contributed by atoms with Crippen molar-refractivity contribution in [2.75, 3.05) is 6.26 Å². The first kappa shape index (κ1) is 14.0. The third-order valence-electron chi connectivity index (χ3n) is 3.15. The molecule has 18 heavy (non-hydrogen) atoms. The Kier molecular flexibility index (Phi) is 3.31. The van der Waals surface area contributed by atoms with Crippen LogP contribution in [0.5, 0.6) is 0 Å². The highest BCUT2D eigenvalue weighted by Gasteiger charge is 2.59. The molecule has 6 nitrogen and oxygen atoms in total. The van der Waals surface area contributed by atoms with E-state index in [9.17, 15) is 13.5 Å². The van der Waals surface area contributed by atoms with Crippen molar-refractivity contribution in [2.24, 2.45) is 5.92 Å². The maximum absolute atomic E-state index is 11.2. The second-order valence-electron chi connectivity index (χ2n) is 5.13. The van der Waals surface area contributed by atoms with E-state index in [1.807, 2.05) is 0 Å². The minimum absolute atomic E-state index is 0.429. The van der Waals surface area contributed by atoms with E-state index in [1.165, 1.54) is 6.08 Å². The number of ether oxygens (including phenoxy) is 2. The molecule has 5 atom stereocenters. The zero-order valence-electron chi connectivity index (χ0n) is 10.6. The minimum atomic E-state index is -3.66. The lowest BCUT2D eigenvalue weighted by atomic mass is 10.0. The predicted molar refractivity (Wildman–Crippen MR) is 63.2 cm³/mol. The van der Waals surface area contributed by atoms with Crippen LogP contribution in [-0.2, 0) is 23.8 Å². The van der Waals surface area contributed by atoms with E-state index in [2.05, 4.69) is 6.58 Å². The van der Waals surface area contributed by atoms with Gasteiger partial charge in [-0.3, -0.25) is 4.18 Å². The topological polar surface area (TPSA) is 82.1 Å². The average molecular weight is 278 g/mol. The van der Waals surface area contributed by atoms with Gasteiger partial charge in [0, 0.05) is 5.92 Å². The molecule has 0 unspecified atom stereocenters. The Bertz CT molecular complexity index is 442. The van der Waals surface area contributed by atoms with Crippen LogP contribution in [0.15, 0.2) is 12.7 Å². The van der Waals surface area contributed by atoms with E-state index < -0.39 is 46.2 Å². The predicted octanol–water partition coefficient (Wildman–Crippen LogP) is 0.0280. The normalized spacial score (nSPS) is 42.8. The molecule has 1 saturated carbocycles. The van der Waals surface area contributed by atoms with Gasteiger partial charge in [-0.15, -0.1) is 6.58 Å². The lowest BCUT2D eigenvalue weighted by molar-refractivity contribution is -0.175. The standard InChI is InChI=1S/C11H18O6S/c1-5-6-8(17-18(4,13)14)7(12)10-9(6)15-11(2,3)16-10/h5-10,12H,1H2,2-4H3/t6-,7+,8+,9+,10-/m0/s1. The zero-order chi connectivity index (χ0) is 13.7. The van der Waals surface area contributed by atoms with Gasteiger partial charge in [-0.2, -0.15) is 8.42 Å². The van der Waals surface area contributed by atoms with Crippen molar-refractivity contribution >= 4 is 10.1 Å². The molecule has 1 saturated heterocycles. The Labute approximate surface area is 107 Å². The largest absolute Gasteiger partial charge is 0.388 e. The Morgan fingerprint density at radius 2 is 1.89 bits per heavy atom. The third-order valence-corrected chi connectivity index (χ3v) is 3.73. The second-order valence-corrected chi connectivity index (χ2v) is 6.73. The Morgan fingerprint density at radius 3 is 2.39 bits per heavy atom. The first-order chi connectivity index (χ1) is 8.14. The average Bonchev–Trinajstić information content (AvgIpc) is 2.60. The van der Waals surface area contributed by atoms with Crippen molar-refractivity contribution in [1.82, 2.24) is 0 Å². The summed E-state index contributed by atoms with van der Waals surface area (Å²) in [7, 11) is -3.66. The first-order valence-electron chi connectivity index (χ1n) is 5.69. The van der Waals surface area contributed by atoms with Gasteiger partial charge in [0.1, 0.15) is 18.3 Å². The third kappa shape index (κ3) is 2.46. The van der Waals surface area contributed by atoms with Crippen LogP contribution in [0.2, 0.25) is 0 Å². The van der Waals surface area contributed by atoms with Crippen molar-refractivity contribution in [2.45, 2.75) is 44.1 Å². The number of hydrogen-bond donors (Lipinski definition) is 1. The van der Waals surface area contributed by atoms with Gasteiger partial charge >= 0.3 is 0 Å². The monoisotopic (exact) mass is 278 g/mol. The van der Waals surface area contributed by atoms with Crippen LogP contribution in [0.3, 0.4) is 0 Å². The molecule has 0 aromatic carbocycles. The Morgan fingerprint density at radius 1 is 1.33 bits per heavy atom. The molecule has 0 radical (unpaired) electrons. The van der Waals surface area contributed by atoms with Crippen LogP contribution >= 0.6 is 0 Å². The lowest BCUT2D eigenvalue weighted by Crippen LogP contribution is -2.38. The number of aliphatic hydroxyl groups excluding tert-OH is 1. The van der Waals surface area contributed by atoms with E-state index >= 15 is 0 Å². The molecule has 0 aromatic heterocycles. The van der Waals surface area contributed by atoms with Gasteiger partial charge in [0.05, 0.1) is 12.4 Å². The first-order valence-corrected chi connectivity index (χ1v) is 7.51. The summed E-state index contributed by atoms with van der Waals surface area (Å²) >= 11 is 0. The summed E-state index contributed by atoms with van der Waals surface area (Å²) in [4.78, 5) is 0. The number of rotatable bonds is 3. The Balaban J connectivity index is 2.24. The van der Waals surface area contributed by atoms with Crippen LogP contribution in [0.4, 0.5) is 0 Å². The second kappa shape index (κ2) is 4.28. The molecule has 0 spiro atoms. The van der Waals surface area contributed by atoms with Crippen molar-refractivity contribution in [3.05, 3.63) is 12.7 Å². The molecule has 0 aromatic rings. The molecule has 1 heterocycles. The van der Waals surface area contributed by atoms with Crippen molar-refractivity contribution in [3.8, 4) is 0 Å². The molecule has 1 aliphatic heterocycles. The summed E-state index contributed by atoms with van der Waals surface area (Å²) in [6.45, 7) is 7.13. The van der Waals surface area contributed by atoms with Gasteiger partial charge < -0.3 is 14.6 Å². The molecule has 2 fully saturated rings. The molecule has 0 bridgehead atoms. The van der Waals surface area contributed by atoms with Gasteiger partial charge in [-0.25, -0.2) is 0 Å². The maximum atomic E-state index is 11.2. The summed E-state index contributed by atoms with van der Waals surface area (Å²) in [6.07, 6.45) is -0.541. The van der Waals surface area contributed by atoms with Crippen molar-refractivity contribution < 1.29 is 27.2 Å². The molecule has 7 heteroatoms. The van der Waals surface area contributed by atoms with Crippen LogP contribution in [0, 0.1) is 5.92 Å². The summed E-state index contributed by atoms with van der Waals surface area (Å²) in [5.74, 6) is -1.23. The van der Waals surface area contributed by atoms with Gasteiger partial charge in [0.15, 0.2) is 5.79 Å². The fourth-order valence-corrected chi connectivity index (χ4v) is 3.22. The molecular formula is C11H18O6S. The zero-order valence-corrected chi connectivity index (χ0v) is 11.4. The smallest absolute Gasteiger partial charge is 0.264 e. The van der Waals surface area contributed by atoms with Crippen LogP contribution in [0.1, 0.15) is 13.8 Å². The molecule has 1 N–H and O–H groups in total. The number of hydrogen-bond acceptors (Lipinski definition) is 6. The highest BCUT2D eigenvalue weighted by atomic mass is 32.2.